The summed E-state index contributed by atoms with van der Waals surface area (Å²) >= 11 is 0. The average molecular weight is 435 g/mol. The predicted molar refractivity (Wildman–Crippen MR) is 119 cm³/mol. The molecule has 5 rings (SSSR count). The summed E-state index contributed by atoms with van der Waals surface area (Å²) in [5, 5.41) is 35.8. The van der Waals surface area contributed by atoms with Gasteiger partial charge in [-0.15, -0.1) is 5.10 Å². The minimum absolute atomic E-state index is 0.170. The highest BCUT2D eigenvalue weighted by atomic mass is 16.3. The molecule has 2 atom stereocenters. The lowest BCUT2D eigenvalue weighted by Crippen LogP contribution is -2.26. The van der Waals surface area contributed by atoms with Crippen LogP contribution in [0.3, 0.4) is 0 Å². The molecule has 10 heteroatoms. The van der Waals surface area contributed by atoms with Gasteiger partial charge >= 0.3 is 0 Å². The lowest BCUT2D eigenvalue weighted by atomic mass is 10.1. The second-order valence-electron chi connectivity index (χ2n) is 9.00. The summed E-state index contributed by atoms with van der Waals surface area (Å²) in [5.74, 6) is 0.510. The molecule has 166 valence electrons. The van der Waals surface area contributed by atoms with E-state index in [0.29, 0.717) is 30.1 Å². The first-order chi connectivity index (χ1) is 15.3. The van der Waals surface area contributed by atoms with Gasteiger partial charge < -0.3 is 15.5 Å². The van der Waals surface area contributed by atoms with Crippen molar-refractivity contribution in [2.75, 3.05) is 5.32 Å². The summed E-state index contributed by atoms with van der Waals surface area (Å²) in [5.41, 5.74) is 3.22. The molecule has 0 radical (unpaired) electrons. The van der Waals surface area contributed by atoms with E-state index in [1.165, 1.54) is 0 Å². The fourth-order valence-electron chi connectivity index (χ4n) is 4.03. The molecule has 3 heterocycles. The Hall–Kier alpha value is -3.37. The highest BCUT2D eigenvalue weighted by Gasteiger charge is 2.23. The third kappa shape index (κ3) is 4.32. The molecule has 1 aromatic carbocycles. The van der Waals surface area contributed by atoms with E-state index >= 15 is 0 Å². The number of aliphatic hydroxyl groups excluding tert-OH is 1. The number of fused-ring (bicyclic) bond motifs is 1. The van der Waals surface area contributed by atoms with E-state index in [9.17, 15) is 10.2 Å². The molecule has 0 spiro atoms. The molecular formula is C22H26N8O2. The van der Waals surface area contributed by atoms with Crippen LogP contribution in [0.2, 0.25) is 0 Å². The summed E-state index contributed by atoms with van der Waals surface area (Å²) in [4.78, 5) is 8.95. The van der Waals surface area contributed by atoms with Gasteiger partial charge in [0.05, 0.1) is 36.3 Å². The van der Waals surface area contributed by atoms with E-state index in [1.54, 1.807) is 35.6 Å². The van der Waals surface area contributed by atoms with Gasteiger partial charge in [-0.25, -0.2) is 4.98 Å². The Balaban J connectivity index is 1.37. The van der Waals surface area contributed by atoms with Crippen molar-refractivity contribution >= 4 is 17.1 Å². The number of nitrogens with zero attached hydrogens (tertiary/aromatic N) is 7. The maximum absolute atomic E-state index is 9.99. The first kappa shape index (κ1) is 20.5. The van der Waals surface area contributed by atoms with Crippen molar-refractivity contribution in [1.82, 2.24) is 34.7 Å². The highest BCUT2D eigenvalue weighted by Crippen LogP contribution is 2.24. The zero-order valence-corrected chi connectivity index (χ0v) is 18.0. The quantitative estimate of drug-likeness (QED) is 0.421. The lowest BCUT2D eigenvalue weighted by Gasteiger charge is -2.16. The fraction of sp³-hybridized carbons (Fsp3) is 0.409. The van der Waals surface area contributed by atoms with Gasteiger partial charge in [-0.2, -0.15) is 14.8 Å². The summed E-state index contributed by atoms with van der Waals surface area (Å²) < 4.78 is 3.43. The van der Waals surface area contributed by atoms with Gasteiger partial charge in [0.1, 0.15) is 0 Å². The molecule has 1 aliphatic carbocycles. The van der Waals surface area contributed by atoms with Crippen LogP contribution in [0, 0.1) is 0 Å². The number of aliphatic hydroxyl groups is 2. The van der Waals surface area contributed by atoms with Crippen LogP contribution in [0.5, 0.6) is 0 Å². The minimum Gasteiger partial charge on any atom is -0.393 e. The molecule has 0 amide bonds. The van der Waals surface area contributed by atoms with Crippen molar-refractivity contribution in [3.05, 3.63) is 42.9 Å². The van der Waals surface area contributed by atoms with Crippen LogP contribution >= 0.6 is 0 Å². The Labute approximate surface area is 184 Å². The first-order valence-electron chi connectivity index (χ1n) is 10.7. The molecule has 3 N–H and O–H groups in total. The van der Waals surface area contributed by atoms with Gasteiger partial charge in [0.2, 0.25) is 5.95 Å². The van der Waals surface area contributed by atoms with Crippen LogP contribution in [-0.4, -0.2) is 62.7 Å². The van der Waals surface area contributed by atoms with Crippen molar-refractivity contribution in [1.29, 1.82) is 0 Å². The van der Waals surface area contributed by atoms with Crippen molar-refractivity contribution in [3.63, 3.8) is 0 Å². The molecule has 0 aliphatic heterocycles. The third-order valence-corrected chi connectivity index (χ3v) is 5.56. The van der Waals surface area contributed by atoms with Crippen LogP contribution in [-0.2, 0) is 6.54 Å². The van der Waals surface area contributed by atoms with Crippen molar-refractivity contribution in [2.24, 2.45) is 0 Å². The van der Waals surface area contributed by atoms with Gasteiger partial charge in [-0.3, -0.25) is 4.68 Å². The number of aromatic nitrogens is 7. The normalized spacial score (nSPS) is 19.0. The maximum Gasteiger partial charge on any atom is 0.225 e. The number of benzene rings is 1. The van der Waals surface area contributed by atoms with E-state index in [2.05, 4.69) is 30.7 Å². The van der Waals surface area contributed by atoms with E-state index < -0.39 is 5.60 Å². The van der Waals surface area contributed by atoms with Gasteiger partial charge in [0, 0.05) is 17.8 Å². The molecule has 1 unspecified atom stereocenters. The van der Waals surface area contributed by atoms with Crippen LogP contribution in [0.1, 0.15) is 33.1 Å². The van der Waals surface area contributed by atoms with Crippen molar-refractivity contribution in [3.8, 4) is 16.8 Å². The van der Waals surface area contributed by atoms with E-state index in [1.807, 2.05) is 30.5 Å². The zero-order chi connectivity index (χ0) is 22.3. The number of anilines is 1. The summed E-state index contributed by atoms with van der Waals surface area (Å²) in [6.45, 7) is 3.94. The Bertz CT molecular complexity index is 1220. The van der Waals surface area contributed by atoms with E-state index in [-0.39, 0.29) is 12.1 Å². The molecule has 4 aromatic rings. The first-order valence-corrected chi connectivity index (χ1v) is 10.7. The number of rotatable bonds is 6. The number of nitrogens with one attached hydrogen (secondary N) is 1. The number of hydrogen-bond donors (Lipinski definition) is 3. The molecule has 0 bridgehead atoms. The largest absolute Gasteiger partial charge is 0.393 e. The Morgan fingerprint density at radius 3 is 2.66 bits per heavy atom. The topological polar surface area (TPSA) is 127 Å². The van der Waals surface area contributed by atoms with Crippen LogP contribution < -0.4 is 5.32 Å². The maximum atomic E-state index is 9.99. The predicted octanol–water partition coefficient (Wildman–Crippen LogP) is 2.17. The monoisotopic (exact) mass is 434 g/mol. The average Bonchev–Trinajstić information content (AvgIpc) is 3.47. The summed E-state index contributed by atoms with van der Waals surface area (Å²) in [6.07, 6.45) is 7.50. The van der Waals surface area contributed by atoms with E-state index in [0.717, 1.165) is 29.7 Å². The Morgan fingerprint density at radius 1 is 1.12 bits per heavy atom. The summed E-state index contributed by atoms with van der Waals surface area (Å²) in [6, 6.07) is 8.07. The SMILES string of the molecule is CC(C)(O)Cn1cc(-c2ccc(-n3nnc4cnc(NC5CC[C@@H](O)C5)nc43)cc2)cn1. The fourth-order valence-corrected chi connectivity index (χ4v) is 4.03. The smallest absolute Gasteiger partial charge is 0.225 e. The summed E-state index contributed by atoms with van der Waals surface area (Å²) in [7, 11) is 0. The molecule has 0 saturated heterocycles. The molecule has 32 heavy (non-hydrogen) atoms. The zero-order valence-electron chi connectivity index (χ0n) is 18.0. The highest BCUT2D eigenvalue weighted by molar-refractivity contribution is 5.72. The van der Waals surface area contributed by atoms with Crippen LogP contribution in [0.15, 0.2) is 42.9 Å². The second kappa shape index (κ2) is 7.95. The third-order valence-electron chi connectivity index (χ3n) is 5.56. The number of hydrogen-bond acceptors (Lipinski definition) is 8. The van der Waals surface area contributed by atoms with Crippen LogP contribution in [0.25, 0.3) is 28.0 Å². The van der Waals surface area contributed by atoms with Gasteiger partial charge in [0.25, 0.3) is 0 Å². The standard InChI is InChI=1S/C22H26N8O2/c1-22(2,32)13-29-12-15(10-24-29)14-3-6-17(7-4-14)30-20-19(27-28-30)11-23-21(26-20)25-16-5-8-18(31)9-16/h3-4,6-7,10-12,16,18,31-32H,5,8-9,13H2,1-2H3,(H,23,25,26)/t16?,18-/m1/s1. The molecule has 10 nitrogen and oxygen atoms in total. The molecule has 1 fully saturated rings. The molecular weight excluding hydrogens is 408 g/mol. The molecule has 1 saturated carbocycles. The second-order valence-corrected chi connectivity index (χ2v) is 9.00. The van der Waals surface area contributed by atoms with E-state index in [4.69, 9.17) is 0 Å². The van der Waals surface area contributed by atoms with Gasteiger partial charge in [-0.1, -0.05) is 17.3 Å². The van der Waals surface area contributed by atoms with Crippen LogP contribution in [0.4, 0.5) is 5.95 Å². The lowest BCUT2D eigenvalue weighted by molar-refractivity contribution is 0.0577. The Morgan fingerprint density at radius 2 is 1.94 bits per heavy atom. The molecule has 3 aromatic heterocycles. The Kier molecular flexibility index (Phi) is 5.10. The van der Waals surface area contributed by atoms with Gasteiger partial charge in [0.15, 0.2) is 11.2 Å². The minimum atomic E-state index is -0.825. The van der Waals surface area contributed by atoms with Crippen molar-refractivity contribution in [2.45, 2.75) is 57.4 Å². The van der Waals surface area contributed by atoms with Gasteiger partial charge in [-0.05, 0) is 50.8 Å². The molecule has 1 aliphatic rings. The van der Waals surface area contributed by atoms with Crippen molar-refractivity contribution < 1.29 is 10.2 Å².